The number of ether oxygens (including phenoxy) is 1. The number of benzene rings is 2. The summed E-state index contributed by atoms with van der Waals surface area (Å²) in [7, 11) is 2.11. The molecule has 3 aromatic rings. The zero-order chi connectivity index (χ0) is 30.5. The van der Waals surface area contributed by atoms with E-state index < -0.39 is 6.09 Å². The van der Waals surface area contributed by atoms with Crippen LogP contribution in [0.1, 0.15) is 41.0 Å². The number of carbonyl (C=O) groups excluding carboxylic acids is 3. The number of nitrogens with one attached hydrogen (secondary N) is 1. The smallest absolute Gasteiger partial charge is 0.435 e. The summed E-state index contributed by atoms with van der Waals surface area (Å²) >= 11 is 0. The van der Waals surface area contributed by atoms with Gasteiger partial charge in [0.15, 0.2) is 5.82 Å². The second-order valence-electron chi connectivity index (χ2n) is 10.7. The molecule has 0 spiro atoms. The summed E-state index contributed by atoms with van der Waals surface area (Å²) in [6, 6.07) is 15.1. The fourth-order valence-electron chi connectivity index (χ4n) is 5.54. The molecule has 11 heteroatoms. The van der Waals surface area contributed by atoms with Gasteiger partial charge in [0.2, 0.25) is 0 Å². The number of hydrogen-bond donors (Lipinski definition) is 1. The number of anilines is 3. The van der Waals surface area contributed by atoms with Gasteiger partial charge < -0.3 is 24.8 Å². The molecule has 1 aromatic heterocycles. The average Bonchev–Trinajstić information content (AvgIpc) is 3.61. The molecule has 0 atom stereocenters. The zero-order valence-electron chi connectivity index (χ0n) is 25.1. The average molecular weight is 586 g/mol. The number of piperazine rings is 1. The Morgan fingerprint density at radius 3 is 2.42 bits per heavy atom. The summed E-state index contributed by atoms with van der Waals surface area (Å²) in [5, 5.41) is 7.28. The third-order valence-electron chi connectivity index (χ3n) is 7.99. The molecule has 0 aliphatic carbocycles. The predicted octanol–water partition coefficient (Wildman–Crippen LogP) is 4.58. The Bertz CT molecular complexity index is 1490. The number of hydrogen-bond acceptors (Lipinski definition) is 7. The molecule has 0 unspecified atom stereocenters. The summed E-state index contributed by atoms with van der Waals surface area (Å²) in [6.07, 6.45) is 1.55. The highest BCUT2D eigenvalue weighted by Crippen LogP contribution is 2.32. The number of amides is 3. The van der Waals surface area contributed by atoms with E-state index in [0.717, 1.165) is 54.2 Å². The van der Waals surface area contributed by atoms with E-state index in [2.05, 4.69) is 40.8 Å². The van der Waals surface area contributed by atoms with Gasteiger partial charge in [-0.1, -0.05) is 37.8 Å². The number of urea groups is 1. The van der Waals surface area contributed by atoms with Gasteiger partial charge in [-0.25, -0.2) is 9.59 Å². The van der Waals surface area contributed by atoms with Crippen molar-refractivity contribution in [3.05, 3.63) is 83.6 Å². The minimum Gasteiger partial charge on any atom is -0.444 e. The van der Waals surface area contributed by atoms with E-state index in [4.69, 9.17) is 4.74 Å². The third kappa shape index (κ3) is 6.26. The van der Waals surface area contributed by atoms with Crippen LogP contribution in [0, 0.1) is 0 Å². The maximum Gasteiger partial charge on any atom is 0.435 e. The van der Waals surface area contributed by atoms with Crippen molar-refractivity contribution in [1.82, 2.24) is 19.6 Å². The first-order valence-electron chi connectivity index (χ1n) is 14.7. The molecule has 43 heavy (non-hydrogen) atoms. The van der Waals surface area contributed by atoms with E-state index >= 15 is 0 Å². The molecule has 2 aromatic carbocycles. The first kappa shape index (κ1) is 29.8. The van der Waals surface area contributed by atoms with E-state index in [0.29, 0.717) is 23.4 Å². The Labute approximate surface area is 252 Å². The molecule has 2 aliphatic heterocycles. The molecule has 1 saturated heterocycles. The number of fused-ring (bicyclic) bond motifs is 1. The lowest BCUT2D eigenvalue weighted by Crippen LogP contribution is -2.44. The minimum atomic E-state index is -0.703. The van der Waals surface area contributed by atoms with Gasteiger partial charge in [-0.2, -0.15) is 4.68 Å². The van der Waals surface area contributed by atoms with Crippen LogP contribution in [0.2, 0.25) is 0 Å². The fourth-order valence-corrected chi connectivity index (χ4v) is 5.54. The number of rotatable bonds is 8. The monoisotopic (exact) mass is 585 g/mol. The minimum absolute atomic E-state index is 0.00880. The molecule has 226 valence electrons. The molecule has 0 bridgehead atoms. The van der Waals surface area contributed by atoms with Crippen molar-refractivity contribution in [2.45, 2.75) is 33.4 Å². The Kier molecular flexibility index (Phi) is 9.10. The van der Waals surface area contributed by atoms with Gasteiger partial charge in [-0.15, -0.1) is 5.10 Å². The van der Waals surface area contributed by atoms with E-state index in [1.165, 1.54) is 6.08 Å². The van der Waals surface area contributed by atoms with Crippen LogP contribution in [-0.4, -0.2) is 84.0 Å². The highest BCUT2D eigenvalue weighted by atomic mass is 16.6. The van der Waals surface area contributed by atoms with Crippen LogP contribution in [0.15, 0.2) is 61.2 Å². The topological polar surface area (TPSA) is 103 Å². The Morgan fingerprint density at radius 1 is 1.02 bits per heavy atom. The zero-order valence-corrected chi connectivity index (χ0v) is 25.1. The lowest BCUT2D eigenvalue weighted by atomic mass is 10.1. The lowest BCUT2D eigenvalue weighted by molar-refractivity contribution is 0.102. The fraction of sp³-hybridized carbons (Fsp3) is 0.375. The van der Waals surface area contributed by atoms with Gasteiger partial charge in [0.05, 0.1) is 18.8 Å². The normalized spacial score (nSPS) is 14.8. The van der Waals surface area contributed by atoms with Gasteiger partial charge in [0, 0.05) is 55.2 Å². The Hall–Kier alpha value is -4.64. The largest absolute Gasteiger partial charge is 0.444 e. The SMILES string of the molecule is C=CCOC(=O)n1nc(NC(=O)c2ccc(N3CCN(C)CC3)cc2)c2c1CN(C(=O)N(CC)c1ccccc1CC)C2. The van der Waals surface area contributed by atoms with Gasteiger partial charge in [0.25, 0.3) is 5.91 Å². The van der Waals surface area contributed by atoms with Crippen LogP contribution in [-0.2, 0) is 24.2 Å². The number of carbonyl (C=O) groups is 3. The molecule has 3 amide bonds. The highest BCUT2D eigenvalue weighted by Gasteiger charge is 2.35. The number of aromatic nitrogens is 2. The molecular formula is C32H39N7O4. The summed E-state index contributed by atoms with van der Waals surface area (Å²) in [5.74, 6) is -0.125. The second kappa shape index (κ2) is 13.1. The highest BCUT2D eigenvalue weighted by molar-refractivity contribution is 6.04. The standard InChI is InChI=1S/C32H39N7O4/c1-5-20-43-32(42)39-28-22-37(31(41)38(7-3)27-11-9-8-10-23(27)6-2)21-26(28)29(34-39)33-30(40)24-12-14-25(15-13-24)36-18-16-35(4)17-19-36/h5,8-15H,1,6-7,16-22H2,2-4H3,(H,33,34,40). The first-order valence-corrected chi connectivity index (χ1v) is 14.7. The van der Waals surface area contributed by atoms with Crippen LogP contribution in [0.5, 0.6) is 0 Å². The maximum atomic E-state index is 13.8. The molecule has 1 N–H and O–H groups in total. The Morgan fingerprint density at radius 2 is 1.74 bits per heavy atom. The quantitative estimate of drug-likeness (QED) is 0.386. The molecule has 0 radical (unpaired) electrons. The molecule has 11 nitrogen and oxygen atoms in total. The van der Waals surface area contributed by atoms with Gasteiger partial charge >= 0.3 is 12.1 Å². The molecule has 2 aliphatic rings. The van der Waals surface area contributed by atoms with Crippen LogP contribution in [0.3, 0.4) is 0 Å². The third-order valence-corrected chi connectivity index (χ3v) is 7.99. The van der Waals surface area contributed by atoms with Crippen molar-refractivity contribution in [2.75, 3.05) is 61.5 Å². The van der Waals surface area contributed by atoms with Crippen molar-refractivity contribution in [3.63, 3.8) is 0 Å². The number of nitrogens with zero attached hydrogens (tertiary/aromatic N) is 6. The van der Waals surface area contributed by atoms with Gasteiger partial charge in [-0.3, -0.25) is 9.69 Å². The van der Waals surface area contributed by atoms with Gasteiger partial charge in [0.1, 0.15) is 6.61 Å². The van der Waals surface area contributed by atoms with Crippen molar-refractivity contribution >= 4 is 35.2 Å². The second-order valence-corrected chi connectivity index (χ2v) is 10.7. The predicted molar refractivity (Wildman–Crippen MR) is 167 cm³/mol. The number of aryl methyl sites for hydroxylation is 1. The van der Waals surface area contributed by atoms with Crippen molar-refractivity contribution in [1.29, 1.82) is 0 Å². The van der Waals surface area contributed by atoms with Crippen molar-refractivity contribution in [3.8, 4) is 0 Å². The van der Waals surface area contributed by atoms with E-state index in [-0.39, 0.29) is 37.5 Å². The summed E-state index contributed by atoms with van der Waals surface area (Å²) in [6.45, 7) is 12.2. The van der Waals surface area contributed by atoms with E-state index in [1.807, 2.05) is 43.3 Å². The molecule has 1 fully saturated rings. The molecule has 5 rings (SSSR count). The number of para-hydroxylation sites is 1. The van der Waals surface area contributed by atoms with Crippen LogP contribution in [0.25, 0.3) is 0 Å². The van der Waals surface area contributed by atoms with Crippen LogP contribution >= 0.6 is 0 Å². The van der Waals surface area contributed by atoms with Crippen LogP contribution < -0.4 is 15.1 Å². The van der Waals surface area contributed by atoms with E-state index in [1.54, 1.807) is 21.9 Å². The summed E-state index contributed by atoms with van der Waals surface area (Å²) < 4.78 is 6.39. The van der Waals surface area contributed by atoms with Crippen LogP contribution in [0.4, 0.5) is 26.8 Å². The molecular weight excluding hydrogens is 546 g/mol. The van der Waals surface area contributed by atoms with Crippen molar-refractivity contribution in [2.24, 2.45) is 0 Å². The van der Waals surface area contributed by atoms with E-state index in [9.17, 15) is 14.4 Å². The molecule has 3 heterocycles. The maximum absolute atomic E-state index is 13.8. The van der Waals surface area contributed by atoms with Crippen molar-refractivity contribution < 1.29 is 19.1 Å². The molecule has 0 saturated carbocycles. The van der Waals surface area contributed by atoms with Gasteiger partial charge in [-0.05, 0) is 56.3 Å². The summed E-state index contributed by atoms with van der Waals surface area (Å²) in [5.41, 5.74) is 4.57. The Balaban J connectivity index is 1.37. The number of likely N-dealkylation sites (N-methyl/N-ethyl adjacent to an activating group) is 1. The summed E-state index contributed by atoms with van der Waals surface area (Å²) in [4.78, 5) is 48.0. The first-order chi connectivity index (χ1) is 20.8. The lowest BCUT2D eigenvalue weighted by Gasteiger charge is -2.34.